The predicted octanol–water partition coefficient (Wildman–Crippen LogP) is 3.09. The lowest BCUT2D eigenvalue weighted by atomic mass is 10.3. The third-order valence-corrected chi connectivity index (χ3v) is 3.15. The number of hydrogen-bond donors (Lipinski definition) is 0. The summed E-state index contributed by atoms with van der Waals surface area (Å²) in [5.41, 5.74) is 0.893. The first-order valence-corrected chi connectivity index (χ1v) is 5.97. The van der Waals surface area contributed by atoms with Gasteiger partial charge < -0.3 is 4.74 Å². The maximum Gasteiger partial charge on any atom is 0.421 e. The molecule has 2 rings (SSSR count). The third-order valence-electron chi connectivity index (χ3n) is 2.12. The van der Waals surface area contributed by atoms with E-state index in [-0.39, 0.29) is 0 Å². The topological polar surface area (TPSA) is 42.4 Å². The highest BCUT2D eigenvalue weighted by atomic mass is 32.1. The molecule has 1 heterocycles. The smallest absolute Gasteiger partial charge is 0.410 e. The molecule has 0 N–H and O–H groups in total. The third kappa shape index (κ3) is 2.82. The molecule has 0 aliphatic carbocycles. The van der Waals surface area contributed by atoms with Gasteiger partial charge in [-0.3, -0.25) is 4.90 Å². The number of aromatic nitrogens is 1. The molecule has 0 fully saturated rings. The zero-order valence-corrected chi connectivity index (χ0v) is 10.4. The molecule has 0 aliphatic heterocycles. The van der Waals surface area contributed by atoms with E-state index in [9.17, 15) is 4.79 Å². The Kier molecular flexibility index (Phi) is 3.39. The summed E-state index contributed by atoms with van der Waals surface area (Å²) in [6.07, 6.45) is -0.439. The Hall–Kier alpha value is -1.88. The van der Waals surface area contributed by atoms with Gasteiger partial charge in [0.15, 0.2) is 5.13 Å². The lowest BCUT2D eigenvalue weighted by Crippen LogP contribution is -2.29. The van der Waals surface area contributed by atoms with Crippen LogP contribution in [0.15, 0.2) is 35.7 Å². The first kappa shape index (κ1) is 11.6. The van der Waals surface area contributed by atoms with E-state index in [2.05, 4.69) is 4.98 Å². The van der Waals surface area contributed by atoms with E-state index in [1.54, 1.807) is 19.2 Å². The number of hydrogen-bond acceptors (Lipinski definition) is 4. The SMILES string of the molecule is Cc1csc(N(C)C(=O)Oc2ccccc2)n1. The van der Waals surface area contributed by atoms with Crippen LogP contribution < -0.4 is 9.64 Å². The van der Waals surface area contributed by atoms with Crippen molar-refractivity contribution in [2.45, 2.75) is 6.92 Å². The molecule has 0 atom stereocenters. The highest BCUT2D eigenvalue weighted by Crippen LogP contribution is 2.20. The van der Waals surface area contributed by atoms with E-state index < -0.39 is 6.09 Å². The summed E-state index contributed by atoms with van der Waals surface area (Å²) in [5.74, 6) is 0.526. The Morgan fingerprint density at radius 1 is 1.35 bits per heavy atom. The number of thiazole rings is 1. The number of benzene rings is 1. The van der Waals surface area contributed by atoms with Crippen LogP contribution in [0.1, 0.15) is 5.69 Å². The van der Waals surface area contributed by atoms with Crippen molar-refractivity contribution in [1.29, 1.82) is 0 Å². The average Bonchev–Trinajstić information content (AvgIpc) is 2.76. The van der Waals surface area contributed by atoms with Crippen molar-refractivity contribution in [3.8, 4) is 5.75 Å². The number of anilines is 1. The van der Waals surface area contributed by atoms with Crippen LogP contribution in [0.2, 0.25) is 0 Å². The summed E-state index contributed by atoms with van der Waals surface area (Å²) in [6, 6.07) is 8.97. The molecule has 0 radical (unpaired) electrons. The number of nitrogens with zero attached hydrogens (tertiary/aromatic N) is 2. The van der Waals surface area contributed by atoms with Gasteiger partial charge in [-0.15, -0.1) is 11.3 Å². The molecule has 88 valence electrons. The Morgan fingerprint density at radius 3 is 2.65 bits per heavy atom. The second kappa shape index (κ2) is 4.97. The van der Waals surface area contributed by atoms with Gasteiger partial charge in [-0.25, -0.2) is 9.78 Å². The molecule has 5 heteroatoms. The minimum absolute atomic E-state index is 0.439. The first-order chi connectivity index (χ1) is 8.16. The van der Waals surface area contributed by atoms with Gasteiger partial charge in [-0.05, 0) is 19.1 Å². The summed E-state index contributed by atoms with van der Waals surface area (Å²) in [7, 11) is 1.64. The van der Waals surface area contributed by atoms with Crippen molar-refractivity contribution >= 4 is 22.6 Å². The van der Waals surface area contributed by atoms with Gasteiger partial charge in [0, 0.05) is 12.4 Å². The van der Waals surface area contributed by atoms with E-state index in [1.807, 2.05) is 30.5 Å². The van der Waals surface area contributed by atoms with Crippen LogP contribution in [-0.2, 0) is 0 Å². The maximum atomic E-state index is 11.8. The second-order valence-corrected chi connectivity index (χ2v) is 4.35. The van der Waals surface area contributed by atoms with Crippen molar-refractivity contribution in [1.82, 2.24) is 4.98 Å². The number of carbonyl (C=O) groups excluding carboxylic acids is 1. The van der Waals surface area contributed by atoms with Crippen LogP contribution in [0, 0.1) is 6.92 Å². The Morgan fingerprint density at radius 2 is 2.06 bits per heavy atom. The second-order valence-electron chi connectivity index (χ2n) is 3.51. The monoisotopic (exact) mass is 248 g/mol. The van der Waals surface area contributed by atoms with E-state index in [0.29, 0.717) is 10.9 Å². The number of aryl methyl sites for hydroxylation is 1. The van der Waals surface area contributed by atoms with Crippen molar-refractivity contribution in [3.63, 3.8) is 0 Å². The lowest BCUT2D eigenvalue weighted by molar-refractivity contribution is 0.209. The van der Waals surface area contributed by atoms with Crippen LogP contribution in [0.3, 0.4) is 0 Å². The van der Waals surface area contributed by atoms with Gasteiger partial charge >= 0.3 is 6.09 Å². The molecule has 0 unspecified atom stereocenters. The Balaban J connectivity index is 2.06. The molecule has 2 aromatic rings. The fourth-order valence-corrected chi connectivity index (χ4v) is 1.99. The lowest BCUT2D eigenvalue weighted by Gasteiger charge is -2.13. The molecule has 0 bridgehead atoms. The van der Waals surface area contributed by atoms with E-state index in [0.717, 1.165) is 5.69 Å². The Bertz CT molecular complexity index is 510. The molecule has 0 saturated heterocycles. The molecule has 0 saturated carbocycles. The molecule has 1 aromatic heterocycles. The van der Waals surface area contributed by atoms with Crippen LogP contribution in [0.5, 0.6) is 5.75 Å². The number of para-hydroxylation sites is 1. The summed E-state index contributed by atoms with van der Waals surface area (Å²) in [5, 5.41) is 2.52. The number of amides is 1. The van der Waals surface area contributed by atoms with Gasteiger partial charge in [0.1, 0.15) is 5.75 Å². The molecule has 1 amide bonds. The minimum Gasteiger partial charge on any atom is -0.410 e. The van der Waals surface area contributed by atoms with Gasteiger partial charge in [0.2, 0.25) is 0 Å². The molecule has 0 aliphatic rings. The normalized spacial score (nSPS) is 10.0. The van der Waals surface area contributed by atoms with Crippen molar-refractivity contribution in [2.24, 2.45) is 0 Å². The van der Waals surface area contributed by atoms with Crippen LogP contribution in [0.25, 0.3) is 0 Å². The zero-order valence-electron chi connectivity index (χ0n) is 9.58. The Labute approximate surface area is 103 Å². The molecule has 4 nitrogen and oxygen atoms in total. The number of ether oxygens (including phenoxy) is 1. The highest BCUT2D eigenvalue weighted by Gasteiger charge is 2.15. The molecule has 0 spiro atoms. The average molecular weight is 248 g/mol. The summed E-state index contributed by atoms with van der Waals surface area (Å²) in [6.45, 7) is 1.89. The van der Waals surface area contributed by atoms with Crippen LogP contribution >= 0.6 is 11.3 Å². The van der Waals surface area contributed by atoms with E-state index in [1.165, 1.54) is 16.2 Å². The maximum absolute atomic E-state index is 11.8. The van der Waals surface area contributed by atoms with Gasteiger partial charge in [-0.1, -0.05) is 18.2 Å². The number of rotatable bonds is 2. The first-order valence-electron chi connectivity index (χ1n) is 5.09. The van der Waals surface area contributed by atoms with E-state index in [4.69, 9.17) is 4.74 Å². The summed E-state index contributed by atoms with van der Waals surface area (Å²) >= 11 is 1.41. The fraction of sp³-hybridized carbons (Fsp3) is 0.167. The molecular formula is C12H12N2O2S. The molecular weight excluding hydrogens is 236 g/mol. The fourth-order valence-electron chi connectivity index (χ4n) is 1.23. The van der Waals surface area contributed by atoms with Gasteiger partial charge in [0.25, 0.3) is 0 Å². The minimum atomic E-state index is -0.439. The quantitative estimate of drug-likeness (QED) is 0.820. The van der Waals surface area contributed by atoms with Gasteiger partial charge in [-0.2, -0.15) is 0 Å². The van der Waals surface area contributed by atoms with Crippen LogP contribution in [-0.4, -0.2) is 18.1 Å². The zero-order chi connectivity index (χ0) is 12.3. The van der Waals surface area contributed by atoms with Crippen molar-refractivity contribution in [3.05, 3.63) is 41.4 Å². The molecule has 17 heavy (non-hydrogen) atoms. The van der Waals surface area contributed by atoms with Crippen molar-refractivity contribution in [2.75, 3.05) is 11.9 Å². The van der Waals surface area contributed by atoms with E-state index >= 15 is 0 Å². The summed E-state index contributed by atoms with van der Waals surface area (Å²) in [4.78, 5) is 17.4. The number of carbonyl (C=O) groups is 1. The standard InChI is InChI=1S/C12H12N2O2S/c1-9-8-17-11(13-9)14(2)12(15)16-10-6-4-3-5-7-10/h3-8H,1-2H3. The highest BCUT2D eigenvalue weighted by molar-refractivity contribution is 7.13. The van der Waals surface area contributed by atoms with Crippen LogP contribution in [0.4, 0.5) is 9.93 Å². The largest absolute Gasteiger partial charge is 0.421 e. The summed E-state index contributed by atoms with van der Waals surface area (Å²) < 4.78 is 5.19. The molecule has 1 aromatic carbocycles. The van der Waals surface area contributed by atoms with Crippen molar-refractivity contribution < 1.29 is 9.53 Å². The predicted molar refractivity (Wildman–Crippen MR) is 67.7 cm³/mol. The van der Waals surface area contributed by atoms with Gasteiger partial charge in [0.05, 0.1) is 5.69 Å².